The second kappa shape index (κ2) is 8.27. The van der Waals surface area contributed by atoms with Gasteiger partial charge in [0.05, 0.1) is 31.3 Å². The molecule has 0 bridgehead atoms. The standard InChI is InChI=1S/C14H24O4/c1-3-6-11(15)9-12-7-5-8-13(18-12)10-14(16)17-4-2/h3,11-13,15H,1,4-10H2,2H3/t11-,12-,13+/m0/s1. The molecule has 18 heavy (non-hydrogen) atoms. The van der Waals surface area contributed by atoms with E-state index in [-0.39, 0.29) is 18.2 Å². The average molecular weight is 256 g/mol. The highest BCUT2D eigenvalue weighted by Gasteiger charge is 2.26. The van der Waals surface area contributed by atoms with Crippen LogP contribution < -0.4 is 0 Å². The van der Waals surface area contributed by atoms with E-state index in [4.69, 9.17) is 9.47 Å². The monoisotopic (exact) mass is 256 g/mol. The van der Waals surface area contributed by atoms with E-state index in [1.54, 1.807) is 13.0 Å². The Hall–Kier alpha value is -0.870. The van der Waals surface area contributed by atoms with E-state index < -0.39 is 6.10 Å². The number of hydrogen-bond acceptors (Lipinski definition) is 4. The third-order valence-electron chi connectivity index (χ3n) is 3.11. The number of esters is 1. The van der Waals surface area contributed by atoms with Crippen molar-refractivity contribution in [2.75, 3.05) is 6.61 Å². The van der Waals surface area contributed by atoms with Crippen molar-refractivity contribution in [3.63, 3.8) is 0 Å². The van der Waals surface area contributed by atoms with E-state index in [0.717, 1.165) is 19.3 Å². The molecule has 104 valence electrons. The normalized spacial score (nSPS) is 25.4. The first-order valence-electron chi connectivity index (χ1n) is 6.75. The Morgan fingerprint density at radius 1 is 1.56 bits per heavy atom. The maximum atomic E-state index is 11.4. The lowest BCUT2D eigenvalue weighted by atomic mass is 9.97. The third-order valence-corrected chi connectivity index (χ3v) is 3.11. The molecule has 0 saturated carbocycles. The van der Waals surface area contributed by atoms with Gasteiger partial charge in [-0.25, -0.2) is 0 Å². The maximum absolute atomic E-state index is 11.4. The summed E-state index contributed by atoms with van der Waals surface area (Å²) in [5.74, 6) is -0.199. The van der Waals surface area contributed by atoms with Gasteiger partial charge >= 0.3 is 5.97 Å². The highest BCUT2D eigenvalue weighted by atomic mass is 16.5. The van der Waals surface area contributed by atoms with Gasteiger partial charge in [0.25, 0.3) is 0 Å². The molecule has 1 saturated heterocycles. The summed E-state index contributed by atoms with van der Waals surface area (Å²) < 4.78 is 10.7. The van der Waals surface area contributed by atoms with Gasteiger partial charge in [0, 0.05) is 0 Å². The van der Waals surface area contributed by atoms with Gasteiger partial charge in [-0.05, 0) is 39.0 Å². The summed E-state index contributed by atoms with van der Waals surface area (Å²) in [6, 6.07) is 0. The lowest BCUT2D eigenvalue weighted by molar-refractivity contribution is -0.149. The minimum atomic E-state index is -0.395. The molecule has 0 aromatic rings. The molecule has 1 heterocycles. The summed E-state index contributed by atoms with van der Waals surface area (Å²) >= 11 is 0. The number of ether oxygens (including phenoxy) is 2. The van der Waals surface area contributed by atoms with Crippen molar-refractivity contribution in [1.29, 1.82) is 0 Å². The Labute approximate surface area is 109 Å². The second-order valence-corrected chi connectivity index (χ2v) is 4.73. The number of hydrogen-bond donors (Lipinski definition) is 1. The van der Waals surface area contributed by atoms with Crippen LogP contribution >= 0.6 is 0 Å². The van der Waals surface area contributed by atoms with Crippen molar-refractivity contribution < 1.29 is 19.4 Å². The molecule has 0 aliphatic carbocycles. The van der Waals surface area contributed by atoms with Crippen LogP contribution in [-0.4, -0.2) is 36.0 Å². The highest BCUT2D eigenvalue weighted by molar-refractivity contribution is 5.69. The van der Waals surface area contributed by atoms with Crippen molar-refractivity contribution in [1.82, 2.24) is 0 Å². The van der Waals surface area contributed by atoms with Crippen molar-refractivity contribution >= 4 is 5.97 Å². The predicted molar refractivity (Wildman–Crippen MR) is 69.2 cm³/mol. The van der Waals surface area contributed by atoms with Crippen LogP contribution in [0.25, 0.3) is 0 Å². The number of carbonyl (C=O) groups is 1. The molecule has 0 radical (unpaired) electrons. The Morgan fingerprint density at radius 2 is 2.28 bits per heavy atom. The van der Waals surface area contributed by atoms with Crippen molar-refractivity contribution in [3.8, 4) is 0 Å². The summed E-state index contributed by atoms with van der Waals surface area (Å²) in [4.78, 5) is 11.4. The Morgan fingerprint density at radius 3 is 2.94 bits per heavy atom. The molecule has 4 heteroatoms. The number of aliphatic hydroxyl groups is 1. The SMILES string of the molecule is C=CC[C@H](O)C[C@@H]1CCC[C@H](CC(=O)OCC)O1. The molecule has 0 aromatic carbocycles. The van der Waals surface area contributed by atoms with Gasteiger partial charge in [0.2, 0.25) is 0 Å². The van der Waals surface area contributed by atoms with Crippen LogP contribution in [0, 0.1) is 0 Å². The summed E-state index contributed by atoms with van der Waals surface area (Å²) in [6.45, 7) is 5.82. The van der Waals surface area contributed by atoms with E-state index in [2.05, 4.69) is 6.58 Å². The van der Waals surface area contributed by atoms with Crippen LogP contribution in [0.4, 0.5) is 0 Å². The van der Waals surface area contributed by atoms with Crippen LogP contribution in [0.2, 0.25) is 0 Å². The minimum absolute atomic E-state index is 0.0492. The molecular formula is C14H24O4. The Kier molecular flexibility index (Phi) is 6.98. The summed E-state index contributed by atoms with van der Waals surface area (Å²) in [7, 11) is 0. The molecular weight excluding hydrogens is 232 g/mol. The maximum Gasteiger partial charge on any atom is 0.308 e. The van der Waals surface area contributed by atoms with E-state index in [9.17, 15) is 9.90 Å². The molecule has 0 aromatic heterocycles. The zero-order valence-electron chi connectivity index (χ0n) is 11.1. The Bertz CT molecular complexity index is 265. The first-order valence-corrected chi connectivity index (χ1v) is 6.75. The lowest BCUT2D eigenvalue weighted by Crippen LogP contribution is -2.32. The van der Waals surface area contributed by atoms with Crippen molar-refractivity contribution in [3.05, 3.63) is 12.7 Å². The van der Waals surface area contributed by atoms with Crippen LogP contribution in [0.1, 0.15) is 45.4 Å². The third kappa shape index (κ3) is 5.65. The molecule has 0 spiro atoms. The fraction of sp³-hybridized carbons (Fsp3) is 0.786. The van der Waals surface area contributed by atoms with Gasteiger partial charge in [0.1, 0.15) is 0 Å². The molecule has 0 unspecified atom stereocenters. The second-order valence-electron chi connectivity index (χ2n) is 4.73. The first kappa shape index (κ1) is 15.2. The highest BCUT2D eigenvalue weighted by Crippen LogP contribution is 2.25. The van der Waals surface area contributed by atoms with Gasteiger partial charge in [-0.3, -0.25) is 4.79 Å². The molecule has 1 N–H and O–H groups in total. The predicted octanol–water partition coefficient (Wildman–Crippen LogP) is 2.20. The fourth-order valence-corrected chi connectivity index (χ4v) is 2.30. The van der Waals surface area contributed by atoms with Crippen LogP contribution in [0.3, 0.4) is 0 Å². The van der Waals surface area contributed by atoms with Gasteiger partial charge in [-0.1, -0.05) is 6.08 Å². The molecule has 1 rings (SSSR count). The molecule has 4 nitrogen and oxygen atoms in total. The summed E-state index contributed by atoms with van der Waals surface area (Å²) in [5, 5.41) is 9.71. The van der Waals surface area contributed by atoms with Crippen LogP contribution in [0.5, 0.6) is 0 Å². The topological polar surface area (TPSA) is 55.8 Å². The van der Waals surface area contributed by atoms with E-state index in [0.29, 0.717) is 25.9 Å². The molecule has 1 aliphatic heterocycles. The van der Waals surface area contributed by atoms with E-state index in [1.807, 2.05) is 0 Å². The first-order chi connectivity index (χ1) is 8.65. The largest absolute Gasteiger partial charge is 0.466 e. The zero-order chi connectivity index (χ0) is 13.4. The Balaban J connectivity index is 2.31. The average Bonchev–Trinajstić information content (AvgIpc) is 2.29. The number of aliphatic hydroxyl groups excluding tert-OH is 1. The summed E-state index contributed by atoms with van der Waals surface area (Å²) in [6.07, 6.45) is 5.72. The zero-order valence-corrected chi connectivity index (χ0v) is 11.1. The fourth-order valence-electron chi connectivity index (χ4n) is 2.30. The number of rotatable bonds is 7. The quantitative estimate of drug-likeness (QED) is 0.560. The number of carbonyl (C=O) groups excluding carboxylic acids is 1. The van der Waals surface area contributed by atoms with Crippen LogP contribution in [0.15, 0.2) is 12.7 Å². The lowest BCUT2D eigenvalue weighted by Gasteiger charge is -2.30. The van der Waals surface area contributed by atoms with Crippen molar-refractivity contribution in [2.24, 2.45) is 0 Å². The molecule has 1 aliphatic rings. The van der Waals surface area contributed by atoms with Gasteiger partial charge in [-0.15, -0.1) is 6.58 Å². The van der Waals surface area contributed by atoms with Crippen molar-refractivity contribution in [2.45, 2.75) is 63.8 Å². The van der Waals surface area contributed by atoms with Gasteiger partial charge < -0.3 is 14.6 Å². The van der Waals surface area contributed by atoms with E-state index >= 15 is 0 Å². The molecule has 3 atom stereocenters. The van der Waals surface area contributed by atoms with Gasteiger partial charge in [0.15, 0.2) is 0 Å². The molecule has 1 fully saturated rings. The smallest absolute Gasteiger partial charge is 0.308 e. The molecule has 0 amide bonds. The minimum Gasteiger partial charge on any atom is -0.466 e. The van der Waals surface area contributed by atoms with E-state index in [1.165, 1.54) is 0 Å². The van der Waals surface area contributed by atoms with Gasteiger partial charge in [-0.2, -0.15) is 0 Å². The summed E-state index contributed by atoms with van der Waals surface area (Å²) in [5.41, 5.74) is 0. The van der Waals surface area contributed by atoms with Crippen LogP contribution in [-0.2, 0) is 14.3 Å².